The van der Waals surface area contributed by atoms with E-state index in [0.717, 1.165) is 19.6 Å². The molecule has 4 atom stereocenters. The quantitative estimate of drug-likeness (QED) is 0.567. The third-order valence-corrected chi connectivity index (χ3v) is 4.10. The number of morpholine rings is 1. The van der Waals surface area contributed by atoms with Gasteiger partial charge in [0, 0.05) is 32.7 Å². The van der Waals surface area contributed by atoms with Gasteiger partial charge < -0.3 is 14.4 Å². The van der Waals surface area contributed by atoms with Crippen LogP contribution in [0.15, 0.2) is 0 Å². The van der Waals surface area contributed by atoms with Crippen LogP contribution in [0, 0.1) is 12.3 Å². The largest absolute Gasteiger partial charge is 0.444 e. The van der Waals surface area contributed by atoms with Gasteiger partial charge >= 0.3 is 6.09 Å². The summed E-state index contributed by atoms with van der Waals surface area (Å²) in [5.74, 6) is 2.71. The lowest BCUT2D eigenvalue weighted by atomic mass is 10.1. The molecule has 2 aliphatic heterocycles. The van der Waals surface area contributed by atoms with Crippen molar-refractivity contribution in [2.45, 2.75) is 44.6 Å². The number of terminal acetylenes is 1. The summed E-state index contributed by atoms with van der Waals surface area (Å²) in [5.41, 5.74) is -0.493. The first-order valence-electron chi connectivity index (χ1n) is 8.15. The molecule has 2 fully saturated rings. The molecule has 130 valence electrons. The summed E-state index contributed by atoms with van der Waals surface area (Å²) in [4.78, 5) is 18.2. The van der Waals surface area contributed by atoms with Crippen molar-refractivity contribution in [3.8, 4) is 12.3 Å². The molecule has 0 bridgehead atoms. The third kappa shape index (κ3) is 5.38. The maximum Gasteiger partial charge on any atom is 0.410 e. The molecule has 6 nitrogen and oxygen atoms in total. The normalized spacial score (nSPS) is 31.3. The first kappa shape index (κ1) is 18.1. The van der Waals surface area contributed by atoms with E-state index in [1.165, 1.54) is 0 Å². The Hall–Kier alpha value is -1.29. The second-order valence-electron chi connectivity index (χ2n) is 7.56. The number of ether oxygens (including phenoxy) is 2. The second kappa shape index (κ2) is 7.08. The Morgan fingerprint density at radius 1 is 1.39 bits per heavy atom. The molecule has 0 aromatic rings. The molecule has 23 heavy (non-hydrogen) atoms. The number of nitrogens with zero attached hydrogens (tertiary/aromatic N) is 3. The molecule has 2 rings (SSSR count). The van der Waals surface area contributed by atoms with Crippen LogP contribution >= 0.6 is 0 Å². The Kier molecular flexibility index (Phi) is 5.56. The van der Waals surface area contributed by atoms with Crippen LogP contribution in [0.25, 0.3) is 0 Å². The van der Waals surface area contributed by atoms with Gasteiger partial charge in [0.15, 0.2) is 0 Å². The van der Waals surface area contributed by atoms with Crippen molar-refractivity contribution < 1.29 is 14.3 Å². The fourth-order valence-electron chi connectivity index (χ4n) is 2.89. The Morgan fingerprint density at radius 2 is 2.04 bits per heavy atom. The molecule has 0 aromatic carbocycles. The maximum atomic E-state index is 12.1. The summed E-state index contributed by atoms with van der Waals surface area (Å²) >= 11 is 0. The Balaban J connectivity index is 1.91. The highest BCUT2D eigenvalue weighted by Crippen LogP contribution is 2.25. The predicted molar refractivity (Wildman–Crippen MR) is 89.2 cm³/mol. The minimum absolute atomic E-state index is 0.0476. The lowest BCUT2D eigenvalue weighted by Crippen LogP contribution is -2.53. The monoisotopic (exact) mass is 323 g/mol. The van der Waals surface area contributed by atoms with Crippen molar-refractivity contribution in [2.75, 3.05) is 46.8 Å². The first-order chi connectivity index (χ1) is 10.7. The van der Waals surface area contributed by atoms with Gasteiger partial charge in [-0.05, 0) is 27.8 Å². The standard InChI is InChI=1S/C17H29N3O3/c1-7-8-20-10-13(22-15(12-20)14-11-18(14)5)9-19(6)16(21)23-17(2,3)4/h1,13-15H,8-12H2,2-6H3/t13-,14?,15?,18?/m0/s1. The highest BCUT2D eigenvalue weighted by atomic mass is 16.6. The zero-order chi connectivity index (χ0) is 17.2. The van der Waals surface area contributed by atoms with Crippen molar-refractivity contribution in [1.29, 1.82) is 0 Å². The van der Waals surface area contributed by atoms with E-state index in [2.05, 4.69) is 22.8 Å². The van der Waals surface area contributed by atoms with E-state index in [0.29, 0.717) is 19.1 Å². The van der Waals surface area contributed by atoms with Crippen molar-refractivity contribution in [2.24, 2.45) is 0 Å². The van der Waals surface area contributed by atoms with E-state index < -0.39 is 5.60 Å². The molecule has 2 heterocycles. The number of rotatable bonds is 4. The van der Waals surface area contributed by atoms with E-state index in [1.807, 2.05) is 20.8 Å². The van der Waals surface area contributed by atoms with Gasteiger partial charge in [0.1, 0.15) is 5.60 Å². The van der Waals surface area contributed by atoms with E-state index >= 15 is 0 Å². The fourth-order valence-corrected chi connectivity index (χ4v) is 2.89. The zero-order valence-electron chi connectivity index (χ0n) is 14.9. The second-order valence-corrected chi connectivity index (χ2v) is 7.56. The molecule has 0 saturated carbocycles. The lowest BCUT2D eigenvalue weighted by molar-refractivity contribution is -0.0934. The minimum atomic E-state index is -0.493. The van der Waals surface area contributed by atoms with Crippen LogP contribution in [-0.4, -0.2) is 91.5 Å². The van der Waals surface area contributed by atoms with Crippen LogP contribution < -0.4 is 0 Å². The smallest absolute Gasteiger partial charge is 0.410 e. The molecule has 3 unspecified atom stereocenters. The molecule has 0 spiro atoms. The third-order valence-electron chi connectivity index (χ3n) is 4.10. The summed E-state index contributed by atoms with van der Waals surface area (Å²) in [5, 5.41) is 0. The average molecular weight is 323 g/mol. The van der Waals surface area contributed by atoms with Crippen LogP contribution in [0.4, 0.5) is 4.79 Å². The van der Waals surface area contributed by atoms with Crippen LogP contribution in [0.3, 0.4) is 0 Å². The van der Waals surface area contributed by atoms with Crippen molar-refractivity contribution in [1.82, 2.24) is 14.7 Å². The van der Waals surface area contributed by atoms with Crippen LogP contribution in [0.5, 0.6) is 0 Å². The molecule has 6 heteroatoms. The molecular formula is C17H29N3O3. The maximum absolute atomic E-state index is 12.1. The summed E-state index contributed by atoms with van der Waals surface area (Å²) in [6, 6.07) is 0.463. The van der Waals surface area contributed by atoms with Gasteiger partial charge in [0.2, 0.25) is 0 Å². The van der Waals surface area contributed by atoms with Gasteiger partial charge in [-0.2, -0.15) is 0 Å². The van der Waals surface area contributed by atoms with E-state index in [4.69, 9.17) is 15.9 Å². The van der Waals surface area contributed by atoms with Crippen molar-refractivity contribution in [3.63, 3.8) is 0 Å². The minimum Gasteiger partial charge on any atom is -0.444 e. The molecule has 2 saturated heterocycles. The zero-order valence-corrected chi connectivity index (χ0v) is 14.9. The number of amides is 1. The highest BCUT2D eigenvalue weighted by molar-refractivity contribution is 5.67. The molecular weight excluding hydrogens is 294 g/mol. The number of carbonyl (C=O) groups is 1. The average Bonchev–Trinajstić information content (AvgIpc) is 3.14. The van der Waals surface area contributed by atoms with Crippen molar-refractivity contribution >= 4 is 6.09 Å². The molecule has 0 aliphatic carbocycles. The molecule has 0 aromatic heterocycles. The van der Waals surface area contributed by atoms with Crippen LogP contribution in [0.1, 0.15) is 20.8 Å². The summed E-state index contributed by atoms with van der Waals surface area (Å²) in [6.07, 6.45) is 5.24. The Morgan fingerprint density at radius 3 is 2.57 bits per heavy atom. The first-order valence-corrected chi connectivity index (χ1v) is 8.15. The molecule has 0 N–H and O–H groups in total. The molecule has 1 amide bonds. The highest BCUT2D eigenvalue weighted by Gasteiger charge is 2.42. The van der Waals surface area contributed by atoms with Gasteiger partial charge in [-0.15, -0.1) is 6.42 Å². The topological polar surface area (TPSA) is 45.0 Å². The number of carbonyl (C=O) groups excluding carboxylic acids is 1. The lowest BCUT2D eigenvalue weighted by Gasteiger charge is -2.39. The van der Waals surface area contributed by atoms with Gasteiger partial charge in [0.05, 0.1) is 25.3 Å². The van der Waals surface area contributed by atoms with Gasteiger partial charge in [-0.3, -0.25) is 9.80 Å². The van der Waals surface area contributed by atoms with E-state index in [9.17, 15) is 4.79 Å². The number of hydrogen-bond donors (Lipinski definition) is 0. The van der Waals surface area contributed by atoms with Crippen molar-refractivity contribution in [3.05, 3.63) is 0 Å². The van der Waals surface area contributed by atoms with Gasteiger partial charge in [0.25, 0.3) is 0 Å². The number of likely N-dealkylation sites (N-methyl/N-ethyl adjacent to an activating group) is 2. The summed E-state index contributed by atoms with van der Waals surface area (Å²) in [6.45, 7) is 9.36. The van der Waals surface area contributed by atoms with Crippen LogP contribution in [0.2, 0.25) is 0 Å². The molecule has 0 radical (unpaired) electrons. The SMILES string of the molecule is C#CCN1CC(C2CN2C)O[C@@H](CN(C)C(=O)OC(C)(C)C)C1. The fraction of sp³-hybridized carbons (Fsp3) is 0.824. The van der Waals surface area contributed by atoms with Gasteiger partial charge in [-0.25, -0.2) is 4.79 Å². The summed E-state index contributed by atoms with van der Waals surface area (Å²) in [7, 11) is 3.84. The Labute approximate surface area is 139 Å². The van der Waals surface area contributed by atoms with Gasteiger partial charge in [-0.1, -0.05) is 5.92 Å². The van der Waals surface area contributed by atoms with Crippen LogP contribution in [-0.2, 0) is 9.47 Å². The number of hydrogen-bond acceptors (Lipinski definition) is 5. The van der Waals surface area contributed by atoms with E-state index in [1.54, 1.807) is 11.9 Å². The van der Waals surface area contributed by atoms with E-state index in [-0.39, 0.29) is 18.3 Å². The summed E-state index contributed by atoms with van der Waals surface area (Å²) < 4.78 is 11.6. The molecule has 2 aliphatic rings. The predicted octanol–water partition coefficient (Wildman–Crippen LogP) is 0.870. The Bertz CT molecular complexity index is 469.